The lowest BCUT2D eigenvalue weighted by Gasteiger charge is -2.08. The van der Waals surface area contributed by atoms with E-state index in [0.29, 0.717) is 6.54 Å². The van der Waals surface area contributed by atoms with Crippen molar-refractivity contribution in [2.24, 2.45) is 0 Å². The number of rotatable bonds is 5. The predicted molar refractivity (Wildman–Crippen MR) is 78.5 cm³/mol. The highest BCUT2D eigenvalue weighted by Gasteiger charge is 2.09. The minimum absolute atomic E-state index is 0.657. The zero-order chi connectivity index (χ0) is 13.8. The molecule has 0 amide bonds. The van der Waals surface area contributed by atoms with Crippen molar-refractivity contribution in [2.45, 2.75) is 26.3 Å². The number of pyridine rings is 1. The quantitative estimate of drug-likeness (QED) is 0.772. The molecule has 0 aromatic carbocycles. The molecule has 0 radical (unpaired) electrons. The summed E-state index contributed by atoms with van der Waals surface area (Å²) in [5.41, 5.74) is 3.14. The highest BCUT2D eigenvalue weighted by Crippen LogP contribution is 2.19. The van der Waals surface area contributed by atoms with Gasteiger partial charge < -0.3 is 9.72 Å². The van der Waals surface area contributed by atoms with Gasteiger partial charge in [-0.1, -0.05) is 19.4 Å². The summed E-state index contributed by atoms with van der Waals surface area (Å²) in [6.45, 7) is 2.81. The van der Waals surface area contributed by atoms with Gasteiger partial charge in [0.25, 0.3) is 0 Å². The van der Waals surface area contributed by atoms with Gasteiger partial charge in [-0.15, -0.1) is 0 Å². The van der Waals surface area contributed by atoms with E-state index in [4.69, 9.17) is 0 Å². The number of nitrogens with one attached hydrogen (secondary N) is 1. The van der Waals surface area contributed by atoms with E-state index >= 15 is 0 Å². The van der Waals surface area contributed by atoms with Crippen LogP contribution in [0.1, 0.15) is 24.7 Å². The Hall–Kier alpha value is -2.43. The Kier molecular flexibility index (Phi) is 3.58. The van der Waals surface area contributed by atoms with E-state index < -0.39 is 0 Å². The van der Waals surface area contributed by atoms with Crippen molar-refractivity contribution >= 4 is 11.3 Å². The fourth-order valence-electron chi connectivity index (χ4n) is 2.24. The van der Waals surface area contributed by atoms with Crippen molar-refractivity contribution < 1.29 is 0 Å². The summed E-state index contributed by atoms with van der Waals surface area (Å²) >= 11 is 0. The van der Waals surface area contributed by atoms with Gasteiger partial charge in [-0.05, 0) is 18.6 Å². The molecule has 0 aliphatic heterocycles. The maximum absolute atomic E-state index is 4.47. The van der Waals surface area contributed by atoms with E-state index in [2.05, 4.69) is 27.2 Å². The number of fused-ring (bicyclic) bond motifs is 1. The second kappa shape index (κ2) is 5.69. The summed E-state index contributed by atoms with van der Waals surface area (Å²) in [6.07, 6.45) is 9.38. The monoisotopic (exact) mass is 267 g/mol. The number of hydrogen-bond donors (Lipinski definition) is 1. The van der Waals surface area contributed by atoms with Crippen LogP contribution in [0.2, 0.25) is 0 Å². The van der Waals surface area contributed by atoms with Crippen LogP contribution in [0.15, 0.2) is 43.1 Å². The number of anilines is 1. The molecule has 3 rings (SSSR count). The van der Waals surface area contributed by atoms with Crippen molar-refractivity contribution in [3.8, 4) is 0 Å². The van der Waals surface area contributed by atoms with E-state index in [-0.39, 0.29) is 0 Å². The molecule has 0 bridgehead atoms. The predicted octanol–water partition coefficient (Wildman–Crippen LogP) is 2.69. The third-order valence-electron chi connectivity index (χ3n) is 3.17. The fourth-order valence-corrected chi connectivity index (χ4v) is 2.24. The lowest BCUT2D eigenvalue weighted by molar-refractivity contribution is 0.898. The van der Waals surface area contributed by atoms with Crippen LogP contribution in [-0.2, 0) is 13.0 Å². The maximum Gasteiger partial charge on any atom is 0.152 e. The van der Waals surface area contributed by atoms with Gasteiger partial charge in [0, 0.05) is 18.6 Å². The maximum atomic E-state index is 4.47. The number of aromatic nitrogens is 4. The van der Waals surface area contributed by atoms with Gasteiger partial charge in [0.15, 0.2) is 5.82 Å². The number of imidazole rings is 1. The highest BCUT2D eigenvalue weighted by molar-refractivity contribution is 5.70. The molecule has 5 nitrogen and oxygen atoms in total. The number of nitrogens with zero attached hydrogens (tertiary/aromatic N) is 4. The van der Waals surface area contributed by atoms with E-state index in [0.717, 1.165) is 35.6 Å². The molecule has 3 aromatic heterocycles. The van der Waals surface area contributed by atoms with Crippen molar-refractivity contribution in [2.75, 3.05) is 5.32 Å². The molecule has 3 heterocycles. The summed E-state index contributed by atoms with van der Waals surface area (Å²) in [5.74, 6) is 0.860. The number of aryl methyl sites for hydroxylation is 1. The van der Waals surface area contributed by atoms with Crippen LogP contribution < -0.4 is 5.32 Å². The minimum Gasteiger partial charge on any atom is -0.363 e. The topological polar surface area (TPSA) is 55.1 Å². The zero-order valence-electron chi connectivity index (χ0n) is 11.5. The molecule has 0 fully saturated rings. The Morgan fingerprint density at radius 2 is 2.10 bits per heavy atom. The Balaban J connectivity index is 1.89. The van der Waals surface area contributed by atoms with E-state index in [1.807, 2.05) is 35.1 Å². The van der Waals surface area contributed by atoms with Gasteiger partial charge in [0.05, 0.1) is 24.3 Å². The molecular weight excluding hydrogens is 250 g/mol. The third-order valence-corrected chi connectivity index (χ3v) is 3.17. The van der Waals surface area contributed by atoms with Crippen molar-refractivity contribution in [1.29, 1.82) is 0 Å². The van der Waals surface area contributed by atoms with Gasteiger partial charge in [-0.25, -0.2) is 9.97 Å². The first kappa shape index (κ1) is 12.6. The summed E-state index contributed by atoms with van der Waals surface area (Å²) in [5, 5.41) is 3.35. The summed E-state index contributed by atoms with van der Waals surface area (Å²) in [4.78, 5) is 13.2. The third kappa shape index (κ3) is 2.47. The summed E-state index contributed by atoms with van der Waals surface area (Å²) in [6, 6.07) is 5.90. The molecule has 1 N–H and O–H groups in total. The molecule has 0 spiro atoms. The molecule has 102 valence electrons. The summed E-state index contributed by atoms with van der Waals surface area (Å²) in [7, 11) is 0. The van der Waals surface area contributed by atoms with Gasteiger partial charge in [0.1, 0.15) is 5.52 Å². The SMILES string of the molecule is CCCc1ncn2ccnc(NCc3ccccn3)c12. The molecule has 0 saturated carbocycles. The number of hydrogen-bond acceptors (Lipinski definition) is 4. The molecule has 0 aliphatic rings. The first-order chi connectivity index (χ1) is 9.88. The smallest absolute Gasteiger partial charge is 0.152 e. The van der Waals surface area contributed by atoms with Crippen LogP contribution in [0.25, 0.3) is 5.52 Å². The molecule has 0 unspecified atom stereocenters. The van der Waals surface area contributed by atoms with Gasteiger partial charge >= 0.3 is 0 Å². The van der Waals surface area contributed by atoms with Gasteiger partial charge in [0.2, 0.25) is 0 Å². The van der Waals surface area contributed by atoms with Crippen LogP contribution in [0.5, 0.6) is 0 Å². The van der Waals surface area contributed by atoms with Crippen LogP contribution in [0.4, 0.5) is 5.82 Å². The average molecular weight is 267 g/mol. The fraction of sp³-hybridized carbons (Fsp3) is 0.267. The minimum atomic E-state index is 0.657. The Bertz CT molecular complexity index is 690. The van der Waals surface area contributed by atoms with E-state index in [1.165, 1.54) is 0 Å². The molecule has 5 heteroatoms. The Morgan fingerprint density at radius 3 is 2.90 bits per heavy atom. The normalized spacial score (nSPS) is 10.8. The lowest BCUT2D eigenvalue weighted by Crippen LogP contribution is -2.05. The second-order valence-electron chi connectivity index (χ2n) is 4.65. The van der Waals surface area contributed by atoms with Gasteiger partial charge in [-0.2, -0.15) is 0 Å². The van der Waals surface area contributed by atoms with E-state index in [9.17, 15) is 0 Å². The molecule has 3 aromatic rings. The average Bonchev–Trinajstić information content (AvgIpc) is 2.91. The first-order valence-corrected chi connectivity index (χ1v) is 6.83. The zero-order valence-corrected chi connectivity index (χ0v) is 11.5. The lowest BCUT2D eigenvalue weighted by atomic mass is 10.2. The second-order valence-corrected chi connectivity index (χ2v) is 4.65. The first-order valence-electron chi connectivity index (χ1n) is 6.83. The largest absolute Gasteiger partial charge is 0.363 e. The van der Waals surface area contributed by atoms with Crippen LogP contribution in [-0.4, -0.2) is 19.4 Å². The Morgan fingerprint density at radius 1 is 1.15 bits per heavy atom. The van der Waals surface area contributed by atoms with Crippen molar-refractivity contribution in [1.82, 2.24) is 19.4 Å². The van der Waals surface area contributed by atoms with Crippen LogP contribution >= 0.6 is 0 Å². The van der Waals surface area contributed by atoms with Crippen molar-refractivity contribution in [3.05, 3.63) is 54.5 Å². The molecule has 0 atom stereocenters. The van der Waals surface area contributed by atoms with Crippen molar-refractivity contribution in [3.63, 3.8) is 0 Å². The molecular formula is C15H17N5. The summed E-state index contributed by atoms with van der Waals surface area (Å²) < 4.78 is 2.01. The molecule has 0 aliphatic carbocycles. The Labute approximate surface area is 117 Å². The molecule has 20 heavy (non-hydrogen) atoms. The standard InChI is InChI=1S/C15H17N5/c1-2-5-13-14-15(17-8-9-20(14)11-19-13)18-10-12-6-3-4-7-16-12/h3-4,6-9,11H,2,5,10H2,1H3,(H,17,18). The highest BCUT2D eigenvalue weighted by atomic mass is 15.1. The molecule has 0 saturated heterocycles. The van der Waals surface area contributed by atoms with E-state index in [1.54, 1.807) is 12.4 Å². The van der Waals surface area contributed by atoms with Gasteiger partial charge in [-0.3, -0.25) is 4.98 Å². The van der Waals surface area contributed by atoms with Crippen LogP contribution in [0, 0.1) is 0 Å². The van der Waals surface area contributed by atoms with Crippen LogP contribution in [0.3, 0.4) is 0 Å².